The van der Waals surface area contributed by atoms with E-state index < -0.39 is 11.4 Å². The lowest BCUT2D eigenvalue weighted by molar-refractivity contribution is -0.148. The van der Waals surface area contributed by atoms with E-state index in [4.69, 9.17) is 9.84 Å². The third-order valence-corrected chi connectivity index (χ3v) is 3.25. The molecule has 0 atom stereocenters. The molecule has 0 aliphatic heterocycles. The van der Waals surface area contributed by atoms with Crippen LogP contribution < -0.4 is 10.1 Å². The number of hydrogen-bond acceptors (Lipinski definition) is 3. The molecule has 0 amide bonds. The molecule has 2 N–H and O–H groups in total. The van der Waals surface area contributed by atoms with E-state index in [9.17, 15) is 4.79 Å². The maximum atomic E-state index is 11.0. The monoisotopic (exact) mass is 263 g/mol. The predicted molar refractivity (Wildman–Crippen MR) is 73.2 cm³/mol. The summed E-state index contributed by atoms with van der Waals surface area (Å²) in [5, 5.41) is 12.5. The molecule has 1 fully saturated rings. The fourth-order valence-corrected chi connectivity index (χ4v) is 1.62. The van der Waals surface area contributed by atoms with E-state index in [0.29, 0.717) is 6.04 Å². The van der Waals surface area contributed by atoms with Crippen molar-refractivity contribution in [2.45, 2.75) is 39.3 Å². The van der Waals surface area contributed by atoms with Crippen molar-refractivity contribution in [2.75, 3.05) is 6.61 Å². The first-order valence-electron chi connectivity index (χ1n) is 6.66. The molecule has 104 valence electrons. The highest BCUT2D eigenvalue weighted by Crippen LogP contribution is 2.22. The van der Waals surface area contributed by atoms with Gasteiger partial charge in [-0.15, -0.1) is 0 Å². The average molecular weight is 263 g/mol. The second kappa shape index (κ2) is 5.61. The first-order chi connectivity index (χ1) is 8.97. The summed E-state index contributed by atoms with van der Waals surface area (Å²) in [4.78, 5) is 11.0. The first kappa shape index (κ1) is 13.9. The standard InChI is InChI=1S/C15H21NO3/c1-15(2,14(17)18)10-19-13-5-3-4-11(8-13)9-16-12-6-7-12/h3-5,8,12,16H,6-7,9-10H2,1-2H3,(H,17,18). The van der Waals surface area contributed by atoms with Gasteiger partial charge in [-0.3, -0.25) is 4.79 Å². The van der Waals surface area contributed by atoms with Gasteiger partial charge in [0.1, 0.15) is 12.4 Å². The molecule has 0 bridgehead atoms. The first-order valence-corrected chi connectivity index (χ1v) is 6.66. The van der Waals surface area contributed by atoms with Crippen LogP contribution in [-0.4, -0.2) is 23.7 Å². The normalized spacial score (nSPS) is 15.3. The zero-order valence-electron chi connectivity index (χ0n) is 11.5. The van der Waals surface area contributed by atoms with Crippen LogP contribution in [0.3, 0.4) is 0 Å². The molecule has 1 aliphatic rings. The lowest BCUT2D eigenvalue weighted by Gasteiger charge is -2.19. The Morgan fingerprint density at radius 3 is 2.84 bits per heavy atom. The van der Waals surface area contributed by atoms with Crippen molar-refractivity contribution in [3.8, 4) is 5.75 Å². The maximum Gasteiger partial charge on any atom is 0.312 e. The highest BCUT2D eigenvalue weighted by molar-refractivity contribution is 5.73. The Labute approximate surface area is 113 Å². The van der Waals surface area contributed by atoms with Crippen molar-refractivity contribution in [1.29, 1.82) is 0 Å². The number of hydrogen-bond donors (Lipinski definition) is 2. The van der Waals surface area contributed by atoms with Crippen LogP contribution in [0.5, 0.6) is 5.75 Å². The van der Waals surface area contributed by atoms with Crippen molar-refractivity contribution in [2.24, 2.45) is 5.41 Å². The lowest BCUT2D eigenvalue weighted by Crippen LogP contribution is -2.30. The summed E-state index contributed by atoms with van der Waals surface area (Å²) in [5.41, 5.74) is 0.292. The number of aliphatic carboxylic acids is 1. The Bertz CT molecular complexity index is 452. The maximum absolute atomic E-state index is 11.0. The molecule has 2 rings (SSSR count). The van der Waals surface area contributed by atoms with Gasteiger partial charge in [-0.2, -0.15) is 0 Å². The molecule has 0 heterocycles. The van der Waals surface area contributed by atoms with Crippen LogP contribution >= 0.6 is 0 Å². The molecule has 0 radical (unpaired) electrons. The zero-order chi connectivity index (χ0) is 13.9. The molecule has 0 unspecified atom stereocenters. The quantitative estimate of drug-likeness (QED) is 0.793. The fraction of sp³-hybridized carbons (Fsp3) is 0.533. The van der Waals surface area contributed by atoms with E-state index >= 15 is 0 Å². The van der Waals surface area contributed by atoms with Crippen molar-refractivity contribution in [1.82, 2.24) is 5.32 Å². The van der Waals surface area contributed by atoms with Gasteiger partial charge in [-0.1, -0.05) is 12.1 Å². The van der Waals surface area contributed by atoms with Gasteiger partial charge in [0.05, 0.1) is 5.41 Å². The largest absolute Gasteiger partial charge is 0.492 e. The molecule has 0 spiro atoms. The van der Waals surface area contributed by atoms with E-state index in [1.807, 2.05) is 24.3 Å². The zero-order valence-corrected chi connectivity index (χ0v) is 11.5. The highest BCUT2D eigenvalue weighted by atomic mass is 16.5. The molecule has 4 heteroatoms. The summed E-state index contributed by atoms with van der Waals surface area (Å²) >= 11 is 0. The van der Waals surface area contributed by atoms with Crippen molar-refractivity contribution >= 4 is 5.97 Å². The predicted octanol–water partition coefficient (Wildman–Crippen LogP) is 2.43. The molecule has 1 saturated carbocycles. The summed E-state index contributed by atoms with van der Waals surface area (Å²) < 4.78 is 5.59. The van der Waals surface area contributed by atoms with Gasteiger partial charge in [-0.05, 0) is 44.4 Å². The second-order valence-electron chi connectivity index (χ2n) is 5.78. The van der Waals surface area contributed by atoms with Crippen LogP contribution in [0, 0.1) is 5.41 Å². The van der Waals surface area contributed by atoms with Crippen LogP contribution in [0.1, 0.15) is 32.3 Å². The van der Waals surface area contributed by atoms with Gasteiger partial charge in [0.25, 0.3) is 0 Å². The van der Waals surface area contributed by atoms with E-state index in [1.165, 1.54) is 12.8 Å². The molecule has 4 nitrogen and oxygen atoms in total. The number of carboxylic acid groups (broad SMARTS) is 1. The molecule has 0 aromatic heterocycles. The van der Waals surface area contributed by atoms with Gasteiger partial charge in [-0.25, -0.2) is 0 Å². The molecule has 1 aliphatic carbocycles. The minimum atomic E-state index is -0.873. The lowest BCUT2D eigenvalue weighted by atomic mass is 9.95. The molecular weight excluding hydrogens is 242 g/mol. The minimum Gasteiger partial charge on any atom is -0.492 e. The third kappa shape index (κ3) is 4.24. The highest BCUT2D eigenvalue weighted by Gasteiger charge is 2.28. The smallest absolute Gasteiger partial charge is 0.312 e. The Morgan fingerprint density at radius 2 is 2.21 bits per heavy atom. The van der Waals surface area contributed by atoms with Gasteiger partial charge in [0.2, 0.25) is 0 Å². The van der Waals surface area contributed by atoms with Crippen LogP contribution in [0.25, 0.3) is 0 Å². The van der Waals surface area contributed by atoms with Gasteiger partial charge in [0, 0.05) is 12.6 Å². The fourth-order valence-electron chi connectivity index (χ4n) is 1.62. The number of ether oxygens (including phenoxy) is 1. The second-order valence-corrected chi connectivity index (χ2v) is 5.78. The number of rotatable bonds is 7. The number of benzene rings is 1. The van der Waals surface area contributed by atoms with Gasteiger partial charge < -0.3 is 15.2 Å². The van der Waals surface area contributed by atoms with Gasteiger partial charge in [0.15, 0.2) is 0 Å². The molecular formula is C15H21NO3. The van der Waals surface area contributed by atoms with Crippen molar-refractivity contribution in [3.63, 3.8) is 0 Å². The van der Waals surface area contributed by atoms with E-state index in [2.05, 4.69) is 5.32 Å². The average Bonchev–Trinajstić information content (AvgIpc) is 3.18. The number of carbonyl (C=O) groups is 1. The SMILES string of the molecule is CC(C)(COc1cccc(CNC2CC2)c1)C(=O)O. The number of nitrogens with one attached hydrogen (secondary N) is 1. The van der Waals surface area contributed by atoms with Crippen LogP contribution in [-0.2, 0) is 11.3 Å². The Balaban J connectivity index is 1.88. The summed E-state index contributed by atoms with van der Waals surface area (Å²) in [6.07, 6.45) is 2.53. The van der Waals surface area contributed by atoms with E-state index in [0.717, 1.165) is 17.9 Å². The van der Waals surface area contributed by atoms with Crippen LogP contribution in [0.4, 0.5) is 0 Å². The molecule has 0 saturated heterocycles. The minimum absolute atomic E-state index is 0.168. The molecule has 19 heavy (non-hydrogen) atoms. The van der Waals surface area contributed by atoms with Crippen LogP contribution in [0.2, 0.25) is 0 Å². The van der Waals surface area contributed by atoms with Gasteiger partial charge >= 0.3 is 5.97 Å². The molecule has 1 aromatic rings. The molecule has 1 aromatic carbocycles. The Kier molecular flexibility index (Phi) is 4.10. The summed E-state index contributed by atoms with van der Waals surface area (Å²) in [7, 11) is 0. The summed E-state index contributed by atoms with van der Waals surface area (Å²) in [6.45, 7) is 4.33. The van der Waals surface area contributed by atoms with E-state index in [1.54, 1.807) is 13.8 Å². The summed E-state index contributed by atoms with van der Waals surface area (Å²) in [5.74, 6) is -0.122. The number of carboxylic acids is 1. The van der Waals surface area contributed by atoms with Crippen molar-refractivity contribution < 1.29 is 14.6 Å². The van der Waals surface area contributed by atoms with Crippen LogP contribution in [0.15, 0.2) is 24.3 Å². The third-order valence-electron chi connectivity index (χ3n) is 3.25. The Morgan fingerprint density at radius 1 is 1.47 bits per heavy atom. The Hall–Kier alpha value is -1.55. The summed E-state index contributed by atoms with van der Waals surface area (Å²) in [6, 6.07) is 8.49. The van der Waals surface area contributed by atoms with Crippen molar-refractivity contribution in [3.05, 3.63) is 29.8 Å². The topological polar surface area (TPSA) is 58.6 Å². The van der Waals surface area contributed by atoms with E-state index in [-0.39, 0.29) is 6.61 Å².